The molecule has 21 heavy (non-hydrogen) atoms. The molecule has 2 unspecified atom stereocenters. The van der Waals surface area contributed by atoms with Gasteiger partial charge in [-0.2, -0.15) is 0 Å². The molecule has 2 aliphatic rings. The van der Waals surface area contributed by atoms with Crippen LogP contribution in [0.5, 0.6) is 0 Å². The highest BCUT2D eigenvalue weighted by atomic mass is 16.3. The molecule has 0 aromatic rings. The number of aliphatic hydroxyl groups is 1. The molecule has 2 rings (SSSR count). The molecular weight excluding hydrogens is 270 g/mol. The number of nitrogens with zero attached hydrogens (tertiary/aromatic N) is 2. The first kappa shape index (κ1) is 16.2. The van der Waals surface area contributed by atoms with E-state index < -0.39 is 11.8 Å². The number of carbonyl (C=O) groups is 2. The van der Waals surface area contributed by atoms with E-state index in [0.717, 1.165) is 32.4 Å². The number of nitrogens with one attached hydrogen (secondary N) is 1. The van der Waals surface area contributed by atoms with E-state index in [0.29, 0.717) is 25.6 Å². The van der Waals surface area contributed by atoms with Crippen molar-refractivity contribution in [3.63, 3.8) is 0 Å². The molecule has 0 aromatic carbocycles. The number of carbonyl (C=O) groups excluding carboxylic acids is 2. The van der Waals surface area contributed by atoms with Crippen molar-refractivity contribution >= 4 is 11.8 Å². The number of amides is 2. The zero-order valence-corrected chi connectivity index (χ0v) is 12.9. The maximum atomic E-state index is 12.2. The van der Waals surface area contributed by atoms with E-state index in [4.69, 9.17) is 5.11 Å². The molecule has 0 aromatic heterocycles. The number of rotatable bonds is 3. The van der Waals surface area contributed by atoms with Gasteiger partial charge < -0.3 is 15.3 Å². The average Bonchev–Trinajstić information content (AvgIpc) is 2.50. The van der Waals surface area contributed by atoms with Crippen LogP contribution in [0.15, 0.2) is 0 Å². The third kappa shape index (κ3) is 4.41. The van der Waals surface area contributed by atoms with Crippen molar-refractivity contribution < 1.29 is 14.7 Å². The molecule has 1 aliphatic heterocycles. The van der Waals surface area contributed by atoms with Gasteiger partial charge in [0.25, 0.3) is 0 Å². The van der Waals surface area contributed by atoms with Crippen molar-refractivity contribution in [2.75, 3.05) is 39.3 Å². The van der Waals surface area contributed by atoms with Crippen LogP contribution in [0.2, 0.25) is 0 Å². The maximum absolute atomic E-state index is 12.2. The van der Waals surface area contributed by atoms with Crippen molar-refractivity contribution in [3.05, 3.63) is 0 Å². The van der Waals surface area contributed by atoms with E-state index in [2.05, 4.69) is 17.1 Å². The summed E-state index contributed by atoms with van der Waals surface area (Å²) in [5.74, 6) is -0.405. The molecule has 2 fully saturated rings. The number of hydrogen-bond acceptors (Lipinski definition) is 4. The molecule has 2 N–H and O–H groups in total. The lowest BCUT2D eigenvalue weighted by Gasteiger charge is -2.35. The predicted molar refractivity (Wildman–Crippen MR) is 79.7 cm³/mol. The van der Waals surface area contributed by atoms with E-state index in [1.807, 2.05) is 0 Å². The second kappa shape index (κ2) is 7.75. The highest BCUT2D eigenvalue weighted by molar-refractivity contribution is 6.35. The smallest absolute Gasteiger partial charge is 0.311 e. The second-order valence-corrected chi connectivity index (χ2v) is 6.20. The van der Waals surface area contributed by atoms with Gasteiger partial charge in [0.05, 0.1) is 6.61 Å². The minimum absolute atomic E-state index is 0.133. The van der Waals surface area contributed by atoms with E-state index >= 15 is 0 Å². The lowest BCUT2D eigenvalue weighted by Crippen LogP contribution is -2.54. The molecule has 0 radical (unpaired) electrons. The van der Waals surface area contributed by atoms with Crippen LogP contribution >= 0.6 is 0 Å². The number of hydrogen-bond donors (Lipinski definition) is 2. The maximum Gasteiger partial charge on any atom is 0.311 e. The first-order valence-electron chi connectivity index (χ1n) is 8.05. The molecule has 1 aliphatic carbocycles. The summed E-state index contributed by atoms with van der Waals surface area (Å²) in [6.07, 6.45) is 4.45. The monoisotopic (exact) mass is 297 g/mol. The van der Waals surface area contributed by atoms with Gasteiger partial charge in [-0.25, -0.2) is 0 Å². The highest BCUT2D eigenvalue weighted by Crippen LogP contribution is 2.23. The molecule has 1 saturated heterocycles. The Balaban J connectivity index is 1.78. The van der Waals surface area contributed by atoms with Crippen molar-refractivity contribution in [1.29, 1.82) is 0 Å². The van der Waals surface area contributed by atoms with Gasteiger partial charge in [-0.15, -0.1) is 0 Å². The van der Waals surface area contributed by atoms with E-state index in [1.54, 1.807) is 4.90 Å². The van der Waals surface area contributed by atoms with Gasteiger partial charge in [-0.05, 0) is 18.8 Å². The molecule has 2 amide bonds. The third-order valence-electron chi connectivity index (χ3n) is 4.70. The van der Waals surface area contributed by atoms with Crippen LogP contribution < -0.4 is 5.32 Å². The van der Waals surface area contributed by atoms with Gasteiger partial charge in [-0.1, -0.05) is 19.8 Å². The van der Waals surface area contributed by atoms with E-state index in [1.165, 1.54) is 6.42 Å². The summed E-state index contributed by atoms with van der Waals surface area (Å²) in [5, 5.41) is 11.8. The first-order valence-corrected chi connectivity index (χ1v) is 8.05. The minimum Gasteiger partial charge on any atom is -0.395 e. The Morgan fingerprint density at radius 1 is 1.14 bits per heavy atom. The largest absolute Gasteiger partial charge is 0.395 e. The first-order chi connectivity index (χ1) is 10.1. The SMILES string of the molecule is CC1CCCCC1NC(=O)C(=O)N1CCN(CCO)CC1. The van der Waals surface area contributed by atoms with Gasteiger partial charge in [0, 0.05) is 38.8 Å². The summed E-state index contributed by atoms with van der Waals surface area (Å²) in [6, 6.07) is 0.144. The van der Waals surface area contributed by atoms with Gasteiger partial charge in [-0.3, -0.25) is 14.5 Å². The summed E-state index contributed by atoms with van der Waals surface area (Å²) >= 11 is 0. The molecule has 2 atom stereocenters. The minimum atomic E-state index is -0.454. The number of β-amino-alcohol motifs (C(OH)–C–C–N with tert-alkyl or cyclic N) is 1. The molecule has 120 valence electrons. The number of aliphatic hydroxyl groups excluding tert-OH is 1. The lowest BCUT2D eigenvalue weighted by atomic mass is 9.86. The van der Waals surface area contributed by atoms with Crippen molar-refractivity contribution in [2.45, 2.75) is 38.6 Å². The highest BCUT2D eigenvalue weighted by Gasteiger charge is 2.29. The Hall–Kier alpha value is -1.14. The van der Waals surface area contributed by atoms with Crippen LogP contribution in [0.3, 0.4) is 0 Å². The summed E-state index contributed by atoms with van der Waals surface area (Å²) in [5.41, 5.74) is 0. The van der Waals surface area contributed by atoms with Crippen LogP contribution in [-0.2, 0) is 9.59 Å². The van der Waals surface area contributed by atoms with Gasteiger partial charge in [0.1, 0.15) is 0 Å². The zero-order chi connectivity index (χ0) is 15.2. The Bertz CT molecular complexity index is 367. The van der Waals surface area contributed by atoms with Crippen LogP contribution in [0, 0.1) is 5.92 Å². The zero-order valence-electron chi connectivity index (χ0n) is 12.9. The molecule has 6 heteroatoms. The molecule has 1 heterocycles. The normalized spacial score (nSPS) is 27.4. The predicted octanol–water partition coefficient (Wildman–Crippen LogP) is -0.182. The second-order valence-electron chi connectivity index (χ2n) is 6.20. The van der Waals surface area contributed by atoms with Crippen molar-refractivity contribution in [2.24, 2.45) is 5.92 Å². The Morgan fingerprint density at radius 2 is 1.81 bits per heavy atom. The van der Waals surface area contributed by atoms with Crippen LogP contribution in [0.1, 0.15) is 32.6 Å². The standard InChI is InChI=1S/C15H27N3O3/c1-12-4-2-3-5-13(12)16-14(20)15(21)18-8-6-17(7-9-18)10-11-19/h12-13,19H,2-11H2,1H3,(H,16,20). The fourth-order valence-electron chi connectivity index (χ4n) is 3.22. The van der Waals surface area contributed by atoms with Gasteiger partial charge >= 0.3 is 11.8 Å². The lowest BCUT2D eigenvalue weighted by molar-refractivity contribution is -0.147. The Labute approximate surface area is 126 Å². The number of piperazine rings is 1. The van der Waals surface area contributed by atoms with Crippen LogP contribution in [0.4, 0.5) is 0 Å². The van der Waals surface area contributed by atoms with Crippen molar-refractivity contribution in [3.8, 4) is 0 Å². The van der Waals surface area contributed by atoms with Crippen molar-refractivity contribution in [1.82, 2.24) is 15.1 Å². The quantitative estimate of drug-likeness (QED) is 0.709. The van der Waals surface area contributed by atoms with Gasteiger partial charge in [0.2, 0.25) is 0 Å². The summed E-state index contributed by atoms with van der Waals surface area (Å²) < 4.78 is 0. The molecule has 1 saturated carbocycles. The molecular formula is C15H27N3O3. The summed E-state index contributed by atoms with van der Waals surface area (Å²) in [4.78, 5) is 28.0. The Morgan fingerprint density at radius 3 is 2.43 bits per heavy atom. The fraction of sp³-hybridized carbons (Fsp3) is 0.867. The van der Waals surface area contributed by atoms with E-state index in [-0.39, 0.29) is 12.6 Å². The third-order valence-corrected chi connectivity index (χ3v) is 4.70. The van der Waals surface area contributed by atoms with Gasteiger partial charge in [0.15, 0.2) is 0 Å². The average molecular weight is 297 g/mol. The topological polar surface area (TPSA) is 72.9 Å². The fourth-order valence-corrected chi connectivity index (χ4v) is 3.22. The molecule has 0 bridgehead atoms. The molecule has 0 spiro atoms. The van der Waals surface area contributed by atoms with Crippen LogP contribution in [0.25, 0.3) is 0 Å². The van der Waals surface area contributed by atoms with E-state index in [9.17, 15) is 9.59 Å². The summed E-state index contributed by atoms with van der Waals surface area (Å²) in [6.45, 7) is 5.47. The Kier molecular flexibility index (Phi) is 5.99. The van der Waals surface area contributed by atoms with Crippen LogP contribution in [-0.4, -0.2) is 72.1 Å². The summed E-state index contributed by atoms with van der Waals surface area (Å²) in [7, 11) is 0. The molecule has 6 nitrogen and oxygen atoms in total.